The molecule has 0 amide bonds. The monoisotopic (exact) mass is 653 g/mol. The number of aryl methyl sites for hydroxylation is 1. The van der Waals surface area contributed by atoms with Crippen molar-refractivity contribution in [3.63, 3.8) is 0 Å². The Hall–Kier alpha value is -3.78. The minimum absolute atomic E-state index is 0.0377. The first-order chi connectivity index (χ1) is 22.5. The van der Waals surface area contributed by atoms with E-state index in [0.717, 1.165) is 19.4 Å². The molecule has 0 aliphatic carbocycles. The number of ether oxygens (including phenoxy) is 2. The van der Waals surface area contributed by atoms with Gasteiger partial charge in [-0.3, -0.25) is 9.88 Å². The number of halogens is 3. The average molecular weight is 654 g/mol. The Kier molecular flexibility index (Phi) is 8.14. The number of rotatable bonds is 7. The molecule has 5 heterocycles. The van der Waals surface area contributed by atoms with Gasteiger partial charge < -0.3 is 29.7 Å². The van der Waals surface area contributed by atoms with Gasteiger partial charge in [0.25, 0.3) is 0 Å². The van der Waals surface area contributed by atoms with Gasteiger partial charge in [0.1, 0.15) is 47.0 Å². The molecule has 47 heavy (non-hydrogen) atoms. The van der Waals surface area contributed by atoms with Gasteiger partial charge in [0.05, 0.1) is 36.8 Å². The van der Waals surface area contributed by atoms with Crippen LogP contribution in [0.15, 0.2) is 30.5 Å². The van der Waals surface area contributed by atoms with E-state index in [9.17, 15) is 24.1 Å². The number of alkyl halides is 1. The Morgan fingerprint density at radius 3 is 2.79 bits per heavy atom. The van der Waals surface area contributed by atoms with Crippen LogP contribution < -0.4 is 9.64 Å². The van der Waals surface area contributed by atoms with Gasteiger partial charge in [0.2, 0.25) is 0 Å². The van der Waals surface area contributed by atoms with Crippen LogP contribution in [0.2, 0.25) is 0 Å². The Bertz CT molecular complexity index is 1840. The van der Waals surface area contributed by atoms with Gasteiger partial charge in [0.15, 0.2) is 5.82 Å². The lowest BCUT2D eigenvalue weighted by Gasteiger charge is -2.31. The first-order valence-electron chi connectivity index (χ1n) is 16.0. The number of aromatic nitrogens is 3. The molecule has 2 aromatic carbocycles. The summed E-state index contributed by atoms with van der Waals surface area (Å²) in [5.74, 6) is -1.22. The predicted molar refractivity (Wildman–Crippen MR) is 169 cm³/mol. The highest BCUT2D eigenvalue weighted by Gasteiger charge is 2.49. The van der Waals surface area contributed by atoms with Crippen LogP contribution in [-0.2, 0) is 11.2 Å². The smallest absolute Gasteiger partial charge is 0.319 e. The third-order valence-corrected chi connectivity index (χ3v) is 9.72. The summed E-state index contributed by atoms with van der Waals surface area (Å²) in [5, 5.41) is 32.8. The number of phenolic OH excluding ortho intramolecular Hbond substituents is 1. The van der Waals surface area contributed by atoms with Gasteiger partial charge in [-0.05, 0) is 67.3 Å². The molecule has 250 valence electrons. The molecule has 3 fully saturated rings. The summed E-state index contributed by atoms with van der Waals surface area (Å²) in [6, 6.07) is 5.55. The van der Waals surface area contributed by atoms with E-state index in [1.807, 2.05) is 0 Å². The van der Waals surface area contributed by atoms with Crippen LogP contribution in [0.25, 0.3) is 32.9 Å². The number of pyridine rings is 1. The molecule has 2 aromatic heterocycles. The molecule has 0 bridgehead atoms. The number of hydrogen-bond donors (Lipinski definition) is 3. The van der Waals surface area contributed by atoms with Crippen molar-refractivity contribution in [3.05, 3.63) is 47.7 Å². The lowest BCUT2D eigenvalue weighted by molar-refractivity contribution is -0.0528. The molecule has 4 atom stereocenters. The summed E-state index contributed by atoms with van der Waals surface area (Å²) < 4.78 is 58.3. The fourth-order valence-corrected chi connectivity index (χ4v) is 7.58. The third-order valence-electron chi connectivity index (χ3n) is 9.72. The maximum absolute atomic E-state index is 16.9. The summed E-state index contributed by atoms with van der Waals surface area (Å²) in [4.78, 5) is 17.4. The number of hydrogen-bond acceptors (Lipinski definition) is 10. The molecule has 4 aromatic rings. The molecule has 0 unspecified atom stereocenters. The van der Waals surface area contributed by atoms with Gasteiger partial charge in [-0.1, -0.05) is 13.0 Å². The summed E-state index contributed by atoms with van der Waals surface area (Å²) in [6.07, 6.45) is 2.08. The van der Waals surface area contributed by atoms with Crippen molar-refractivity contribution in [2.45, 2.75) is 62.9 Å². The van der Waals surface area contributed by atoms with Crippen molar-refractivity contribution >= 4 is 27.5 Å². The molecule has 0 spiro atoms. The Morgan fingerprint density at radius 2 is 2.00 bits per heavy atom. The maximum atomic E-state index is 16.9. The average Bonchev–Trinajstić information content (AvgIpc) is 3.51. The first kappa shape index (κ1) is 31.8. The molecule has 3 saturated heterocycles. The van der Waals surface area contributed by atoms with Crippen molar-refractivity contribution in [1.29, 1.82) is 0 Å². The number of nitrogens with zero attached hydrogens (tertiary/aromatic N) is 5. The fraction of sp³-hybridized carbons (Fsp3) is 0.500. The standard InChI is InChI=1S/C34H38F3N5O5/c1-3-23-26(36)6-5-19-9-21(44)10-24(27(19)23)29-28(37)30-25(12-38-29)31(41-14-22(15-43)46-17-33(2,45)16-41)40-32(39-30)47-18-34-7-4-8-42(34)13-20(35)11-34/h5-6,9-10,12,20,22,43-45H,3-4,7-8,11,13-18H2,1-2H3/t20-,22-,33+,34+/m1/s1. The number of benzene rings is 2. The molecule has 0 radical (unpaired) electrons. The number of phenols is 1. The van der Waals surface area contributed by atoms with Crippen molar-refractivity contribution in [3.8, 4) is 23.0 Å². The van der Waals surface area contributed by atoms with Crippen LogP contribution in [-0.4, -0.2) is 105 Å². The molecular weight excluding hydrogens is 615 g/mol. The van der Waals surface area contributed by atoms with Gasteiger partial charge in [-0.15, -0.1) is 0 Å². The van der Waals surface area contributed by atoms with Crippen molar-refractivity contribution in [2.24, 2.45) is 0 Å². The Morgan fingerprint density at radius 1 is 1.17 bits per heavy atom. The minimum atomic E-state index is -1.33. The minimum Gasteiger partial charge on any atom is -0.508 e. The normalized spacial score (nSPS) is 26.7. The third kappa shape index (κ3) is 5.73. The molecule has 3 N–H and O–H groups in total. The zero-order chi connectivity index (χ0) is 33.1. The topological polar surface area (TPSA) is 124 Å². The molecule has 3 aliphatic rings. The van der Waals surface area contributed by atoms with Gasteiger partial charge >= 0.3 is 6.01 Å². The number of aromatic hydroxyl groups is 1. The summed E-state index contributed by atoms with van der Waals surface area (Å²) in [7, 11) is 0. The zero-order valence-corrected chi connectivity index (χ0v) is 26.3. The summed E-state index contributed by atoms with van der Waals surface area (Å²) in [6.45, 7) is 4.39. The first-order valence-corrected chi connectivity index (χ1v) is 16.0. The molecule has 7 rings (SSSR count). The van der Waals surface area contributed by atoms with Crippen LogP contribution in [0.4, 0.5) is 19.0 Å². The second kappa shape index (κ2) is 12.0. The number of fused-ring (bicyclic) bond motifs is 3. The van der Waals surface area contributed by atoms with E-state index >= 15 is 4.39 Å². The summed E-state index contributed by atoms with van der Waals surface area (Å²) in [5.41, 5.74) is -1.57. The second-order valence-corrected chi connectivity index (χ2v) is 13.3. The quantitative estimate of drug-likeness (QED) is 0.266. The molecule has 3 aliphatic heterocycles. The van der Waals surface area contributed by atoms with Gasteiger partial charge in [-0.2, -0.15) is 9.97 Å². The van der Waals surface area contributed by atoms with Crippen molar-refractivity contribution in [2.75, 3.05) is 50.9 Å². The lowest BCUT2D eigenvalue weighted by Crippen LogP contribution is -2.44. The number of β-amino-alcohol motifs (C(OH)–C–C–N with tert-alkyl or cyclic N) is 1. The Balaban J connectivity index is 1.40. The molecular formula is C34H38F3N5O5. The van der Waals surface area contributed by atoms with Gasteiger partial charge in [-0.25, -0.2) is 13.2 Å². The number of anilines is 1. The number of aliphatic hydroxyl groups excluding tert-OH is 1. The lowest BCUT2D eigenvalue weighted by atomic mass is 9.94. The van der Waals surface area contributed by atoms with Gasteiger partial charge in [0, 0.05) is 31.3 Å². The maximum Gasteiger partial charge on any atom is 0.319 e. The van der Waals surface area contributed by atoms with E-state index in [2.05, 4.69) is 19.9 Å². The summed E-state index contributed by atoms with van der Waals surface area (Å²) >= 11 is 0. The van der Waals surface area contributed by atoms with Crippen LogP contribution in [0.1, 0.15) is 38.7 Å². The van der Waals surface area contributed by atoms with Crippen molar-refractivity contribution in [1.82, 2.24) is 19.9 Å². The number of aliphatic hydroxyl groups is 2. The van der Waals surface area contributed by atoms with Crippen LogP contribution in [0.3, 0.4) is 0 Å². The highest BCUT2D eigenvalue weighted by Crippen LogP contribution is 2.42. The van der Waals surface area contributed by atoms with E-state index in [-0.39, 0.29) is 72.6 Å². The SMILES string of the molecule is CCc1c(F)ccc2cc(O)cc(-c3ncc4c(N5C[C@H](CO)OC[C@@](C)(O)C5)nc(OC[C@@]56CCCN5C[C@H](F)C6)nc4c3F)c12. The van der Waals surface area contributed by atoms with E-state index in [1.165, 1.54) is 30.5 Å². The Labute approximate surface area is 269 Å². The fourth-order valence-electron chi connectivity index (χ4n) is 7.58. The van der Waals surface area contributed by atoms with Crippen LogP contribution in [0, 0.1) is 11.6 Å². The molecule has 0 saturated carbocycles. The largest absolute Gasteiger partial charge is 0.508 e. The predicted octanol–water partition coefficient (Wildman–Crippen LogP) is 4.29. The highest BCUT2D eigenvalue weighted by molar-refractivity contribution is 6.01. The van der Waals surface area contributed by atoms with E-state index in [1.54, 1.807) is 18.7 Å². The molecule has 10 nitrogen and oxygen atoms in total. The molecule has 13 heteroatoms. The van der Waals surface area contributed by atoms with Crippen LogP contribution >= 0.6 is 0 Å². The van der Waals surface area contributed by atoms with E-state index < -0.39 is 35.1 Å². The zero-order valence-electron chi connectivity index (χ0n) is 26.3. The van der Waals surface area contributed by atoms with Crippen molar-refractivity contribution < 1.29 is 38.0 Å². The second-order valence-electron chi connectivity index (χ2n) is 13.3. The van der Waals surface area contributed by atoms with Crippen LogP contribution in [0.5, 0.6) is 11.8 Å². The van der Waals surface area contributed by atoms with E-state index in [0.29, 0.717) is 35.7 Å². The van der Waals surface area contributed by atoms with E-state index in [4.69, 9.17) is 9.47 Å². The highest BCUT2D eigenvalue weighted by atomic mass is 19.1.